The maximum atomic E-state index is 12.3. The van der Waals surface area contributed by atoms with E-state index in [1.165, 1.54) is 6.08 Å². The van der Waals surface area contributed by atoms with Crippen LogP contribution in [0.2, 0.25) is 0 Å². The van der Waals surface area contributed by atoms with Crippen molar-refractivity contribution in [1.82, 2.24) is 0 Å². The van der Waals surface area contributed by atoms with Crippen molar-refractivity contribution >= 4 is 29.3 Å². The number of nitrogens with one attached hydrogen (secondary N) is 2. The molecule has 0 saturated heterocycles. The van der Waals surface area contributed by atoms with Crippen molar-refractivity contribution in [3.8, 4) is 5.75 Å². The summed E-state index contributed by atoms with van der Waals surface area (Å²) in [6.07, 6.45) is 3.19. The number of rotatable bonds is 7. The third-order valence-corrected chi connectivity index (χ3v) is 4.04. The molecule has 3 aromatic rings. The SMILES string of the molecule is CCOc1ccc(/C=C/C(=O)Nc2cccc(NC(=O)c3ccccc3)c2)cc1. The molecule has 29 heavy (non-hydrogen) atoms. The van der Waals surface area contributed by atoms with Crippen molar-refractivity contribution in [1.29, 1.82) is 0 Å². The van der Waals surface area contributed by atoms with Gasteiger partial charge in [0.2, 0.25) is 5.91 Å². The van der Waals surface area contributed by atoms with Gasteiger partial charge in [0.25, 0.3) is 5.91 Å². The maximum Gasteiger partial charge on any atom is 0.255 e. The molecule has 0 aliphatic heterocycles. The summed E-state index contributed by atoms with van der Waals surface area (Å²) in [7, 11) is 0. The van der Waals surface area contributed by atoms with Crippen molar-refractivity contribution < 1.29 is 14.3 Å². The summed E-state index contributed by atoms with van der Waals surface area (Å²) < 4.78 is 5.40. The van der Waals surface area contributed by atoms with Gasteiger partial charge in [0.05, 0.1) is 6.61 Å². The zero-order valence-electron chi connectivity index (χ0n) is 16.1. The van der Waals surface area contributed by atoms with Gasteiger partial charge in [-0.2, -0.15) is 0 Å². The smallest absolute Gasteiger partial charge is 0.255 e. The predicted octanol–water partition coefficient (Wildman–Crippen LogP) is 4.99. The van der Waals surface area contributed by atoms with Crippen LogP contribution >= 0.6 is 0 Å². The first-order chi connectivity index (χ1) is 14.1. The lowest BCUT2D eigenvalue weighted by Gasteiger charge is -2.08. The van der Waals surface area contributed by atoms with Gasteiger partial charge in [0, 0.05) is 23.0 Å². The Morgan fingerprint density at radius 3 is 2.24 bits per heavy atom. The highest BCUT2D eigenvalue weighted by Gasteiger charge is 2.06. The quantitative estimate of drug-likeness (QED) is 0.562. The van der Waals surface area contributed by atoms with Gasteiger partial charge in [-0.15, -0.1) is 0 Å². The molecule has 2 amide bonds. The van der Waals surface area contributed by atoms with E-state index < -0.39 is 0 Å². The summed E-state index contributed by atoms with van der Waals surface area (Å²) >= 11 is 0. The van der Waals surface area contributed by atoms with Crippen LogP contribution in [0.4, 0.5) is 11.4 Å². The van der Waals surface area contributed by atoms with Crippen LogP contribution in [0.5, 0.6) is 5.75 Å². The first kappa shape index (κ1) is 19.9. The summed E-state index contributed by atoms with van der Waals surface area (Å²) in [4.78, 5) is 24.5. The Morgan fingerprint density at radius 2 is 1.55 bits per heavy atom. The zero-order chi connectivity index (χ0) is 20.5. The molecule has 0 bridgehead atoms. The highest BCUT2D eigenvalue weighted by atomic mass is 16.5. The minimum absolute atomic E-state index is 0.204. The summed E-state index contributed by atoms with van der Waals surface area (Å²) in [5.41, 5.74) is 2.66. The lowest BCUT2D eigenvalue weighted by atomic mass is 10.2. The number of ether oxygens (including phenoxy) is 1. The fourth-order valence-corrected chi connectivity index (χ4v) is 2.67. The first-order valence-corrected chi connectivity index (χ1v) is 9.32. The van der Waals surface area contributed by atoms with Gasteiger partial charge in [0.15, 0.2) is 0 Å². The molecule has 0 fully saturated rings. The molecule has 0 saturated carbocycles. The minimum atomic E-state index is -0.259. The standard InChI is InChI=1S/C24H22N2O3/c1-2-29-22-14-11-18(12-15-22)13-16-23(27)25-20-9-6-10-21(17-20)26-24(28)19-7-4-3-5-8-19/h3-17H,2H2,1H3,(H,25,27)(H,26,28)/b16-13+. The minimum Gasteiger partial charge on any atom is -0.494 e. The molecular formula is C24H22N2O3. The topological polar surface area (TPSA) is 67.4 Å². The third kappa shape index (κ3) is 6.07. The maximum absolute atomic E-state index is 12.3. The molecule has 5 heteroatoms. The van der Waals surface area contributed by atoms with Gasteiger partial charge in [0.1, 0.15) is 5.75 Å². The predicted molar refractivity (Wildman–Crippen MR) is 116 cm³/mol. The molecule has 3 aromatic carbocycles. The average molecular weight is 386 g/mol. The molecule has 5 nitrogen and oxygen atoms in total. The summed E-state index contributed by atoms with van der Waals surface area (Å²) in [5, 5.41) is 5.62. The van der Waals surface area contributed by atoms with Crippen molar-refractivity contribution in [3.05, 3.63) is 96.1 Å². The molecule has 0 radical (unpaired) electrons. The Bertz CT molecular complexity index is 996. The number of amides is 2. The fraction of sp³-hybridized carbons (Fsp3) is 0.0833. The van der Waals surface area contributed by atoms with Crippen LogP contribution < -0.4 is 15.4 Å². The van der Waals surface area contributed by atoms with Crippen LogP contribution in [0.15, 0.2) is 84.9 Å². The lowest BCUT2D eigenvalue weighted by Crippen LogP contribution is -2.12. The van der Waals surface area contributed by atoms with Gasteiger partial charge in [-0.25, -0.2) is 0 Å². The highest BCUT2D eigenvalue weighted by Crippen LogP contribution is 2.17. The number of benzene rings is 3. The van der Waals surface area contributed by atoms with E-state index in [2.05, 4.69) is 10.6 Å². The molecule has 0 aliphatic rings. The van der Waals surface area contributed by atoms with E-state index in [1.807, 2.05) is 49.4 Å². The first-order valence-electron chi connectivity index (χ1n) is 9.32. The number of carbonyl (C=O) groups excluding carboxylic acids is 2. The van der Waals surface area contributed by atoms with Crippen molar-refractivity contribution in [2.24, 2.45) is 0 Å². The second kappa shape index (κ2) is 9.90. The van der Waals surface area contributed by atoms with Gasteiger partial charge < -0.3 is 15.4 Å². The van der Waals surface area contributed by atoms with E-state index in [1.54, 1.807) is 42.5 Å². The molecule has 0 aliphatic carbocycles. The van der Waals surface area contributed by atoms with Crippen molar-refractivity contribution in [2.45, 2.75) is 6.92 Å². The van der Waals surface area contributed by atoms with E-state index >= 15 is 0 Å². The third-order valence-electron chi connectivity index (χ3n) is 4.04. The fourth-order valence-electron chi connectivity index (χ4n) is 2.67. The largest absolute Gasteiger partial charge is 0.494 e. The molecule has 0 heterocycles. The van der Waals surface area contributed by atoms with E-state index in [0.29, 0.717) is 23.5 Å². The van der Waals surface area contributed by atoms with Gasteiger partial charge in [-0.1, -0.05) is 36.4 Å². The molecule has 146 valence electrons. The van der Waals surface area contributed by atoms with Crippen LogP contribution in [-0.2, 0) is 4.79 Å². The summed E-state index contributed by atoms with van der Waals surface area (Å²) in [5.74, 6) is 0.332. The normalized spacial score (nSPS) is 10.5. The van der Waals surface area contributed by atoms with Crippen LogP contribution in [0.1, 0.15) is 22.8 Å². The van der Waals surface area contributed by atoms with E-state index in [4.69, 9.17) is 4.74 Å². The molecule has 0 spiro atoms. The summed E-state index contributed by atoms with van der Waals surface area (Å²) in [6, 6.07) is 23.5. The molecule has 0 atom stereocenters. The Balaban J connectivity index is 1.59. The Morgan fingerprint density at radius 1 is 0.862 bits per heavy atom. The van der Waals surface area contributed by atoms with Gasteiger partial charge in [-0.05, 0) is 61.0 Å². The van der Waals surface area contributed by atoms with Crippen LogP contribution in [-0.4, -0.2) is 18.4 Å². The van der Waals surface area contributed by atoms with E-state index in [-0.39, 0.29) is 11.8 Å². The van der Waals surface area contributed by atoms with Crippen LogP contribution in [0, 0.1) is 0 Å². The Hall–Kier alpha value is -3.86. The van der Waals surface area contributed by atoms with Gasteiger partial charge in [-0.3, -0.25) is 9.59 Å². The second-order valence-corrected chi connectivity index (χ2v) is 6.23. The molecule has 0 aromatic heterocycles. The Kier molecular flexibility index (Phi) is 6.79. The highest BCUT2D eigenvalue weighted by molar-refractivity contribution is 6.05. The van der Waals surface area contributed by atoms with Crippen LogP contribution in [0.25, 0.3) is 6.08 Å². The number of hydrogen-bond acceptors (Lipinski definition) is 3. The molecule has 3 rings (SSSR count). The molecule has 0 unspecified atom stereocenters. The molecule has 2 N–H and O–H groups in total. The van der Waals surface area contributed by atoms with E-state index in [9.17, 15) is 9.59 Å². The lowest BCUT2D eigenvalue weighted by molar-refractivity contribution is -0.111. The number of hydrogen-bond donors (Lipinski definition) is 2. The van der Waals surface area contributed by atoms with Crippen molar-refractivity contribution in [2.75, 3.05) is 17.2 Å². The summed E-state index contributed by atoms with van der Waals surface area (Å²) in [6.45, 7) is 2.54. The number of carbonyl (C=O) groups is 2. The van der Waals surface area contributed by atoms with Crippen molar-refractivity contribution in [3.63, 3.8) is 0 Å². The zero-order valence-corrected chi connectivity index (χ0v) is 16.1. The molecular weight excluding hydrogens is 364 g/mol. The second-order valence-electron chi connectivity index (χ2n) is 6.23. The van der Waals surface area contributed by atoms with Gasteiger partial charge >= 0.3 is 0 Å². The number of anilines is 2. The van der Waals surface area contributed by atoms with Crippen LogP contribution in [0.3, 0.4) is 0 Å². The Labute approximate surface area is 170 Å². The van der Waals surface area contributed by atoms with E-state index in [0.717, 1.165) is 11.3 Å². The monoisotopic (exact) mass is 386 g/mol. The average Bonchev–Trinajstić information content (AvgIpc) is 2.74.